The van der Waals surface area contributed by atoms with Crippen LogP contribution in [0.15, 0.2) is 18.2 Å². The molecule has 27 heavy (non-hydrogen) atoms. The maximum atomic E-state index is 12.9. The fraction of sp³-hybridized carbons (Fsp3) is 0.636. The van der Waals surface area contributed by atoms with E-state index in [9.17, 15) is 9.59 Å². The Bertz CT molecular complexity index is 659. The number of aryl methyl sites for hydroxylation is 1. The van der Waals surface area contributed by atoms with Crippen LogP contribution in [0.1, 0.15) is 51.2 Å². The van der Waals surface area contributed by atoms with Gasteiger partial charge in [-0.1, -0.05) is 26.0 Å². The summed E-state index contributed by atoms with van der Waals surface area (Å²) in [6.45, 7) is 12.8. The Morgan fingerprint density at radius 1 is 1.33 bits per heavy atom. The topological polar surface area (TPSA) is 52.7 Å². The lowest BCUT2D eigenvalue weighted by molar-refractivity contribution is -0.138. The van der Waals surface area contributed by atoms with Crippen molar-refractivity contribution in [1.29, 1.82) is 0 Å². The van der Waals surface area contributed by atoms with Crippen LogP contribution in [0.2, 0.25) is 0 Å². The van der Waals surface area contributed by atoms with E-state index >= 15 is 0 Å². The third-order valence-electron chi connectivity index (χ3n) is 5.74. The molecular formula is C22H35N3O2. The van der Waals surface area contributed by atoms with Gasteiger partial charge in [-0.25, -0.2) is 0 Å². The van der Waals surface area contributed by atoms with E-state index in [4.69, 9.17) is 0 Å². The fourth-order valence-electron chi connectivity index (χ4n) is 3.65. The van der Waals surface area contributed by atoms with Crippen LogP contribution >= 0.6 is 0 Å². The standard InChI is InChI=1S/C22H35N3O2/c1-6-18(4)25(22(27)15-24-12-8-9-16(2)13-24)14-21(26)23-20-11-7-10-17(3)19(20)5/h7,10-11,16,18H,6,8-9,12-15H2,1-5H3,(H,23,26)/t16-,18+/m1/s1. The molecule has 0 radical (unpaired) electrons. The zero-order valence-electron chi connectivity index (χ0n) is 17.5. The summed E-state index contributed by atoms with van der Waals surface area (Å²) in [5, 5.41) is 2.98. The predicted octanol–water partition coefficient (Wildman–Crippen LogP) is 3.60. The summed E-state index contributed by atoms with van der Waals surface area (Å²) < 4.78 is 0. The largest absolute Gasteiger partial charge is 0.330 e. The molecule has 0 saturated carbocycles. The van der Waals surface area contributed by atoms with Crippen LogP contribution in [-0.2, 0) is 9.59 Å². The zero-order chi connectivity index (χ0) is 20.0. The lowest BCUT2D eigenvalue weighted by Gasteiger charge is -2.34. The summed E-state index contributed by atoms with van der Waals surface area (Å²) in [6.07, 6.45) is 3.21. The Morgan fingerprint density at radius 3 is 2.74 bits per heavy atom. The van der Waals surface area contributed by atoms with Crippen LogP contribution in [0.25, 0.3) is 0 Å². The first-order valence-electron chi connectivity index (χ1n) is 10.2. The highest BCUT2D eigenvalue weighted by molar-refractivity contribution is 5.95. The molecule has 0 spiro atoms. The zero-order valence-corrected chi connectivity index (χ0v) is 17.5. The van der Waals surface area contributed by atoms with E-state index in [1.807, 2.05) is 39.0 Å². The summed E-state index contributed by atoms with van der Waals surface area (Å²) in [7, 11) is 0. The minimum atomic E-state index is -0.135. The van der Waals surface area contributed by atoms with E-state index < -0.39 is 0 Å². The van der Waals surface area contributed by atoms with Gasteiger partial charge in [0.05, 0.1) is 6.54 Å². The second kappa shape index (κ2) is 9.88. The number of carbonyl (C=O) groups is 2. The van der Waals surface area contributed by atoms with Crippen LogP contribution in [0.4, 0.5) is 5.69 Å². The smallest absolute Gasteiger partial charge is 0.244 e. The number of carbonyl (C=O) groups excluding carboxylic acids is 2. The summed E-state index contributed by atoms with van der Waals surface area (Å²) in [4.78, 5) is 29.5. The van der Waals surface area contributed by atoms with Crippen molar-refractivity contribution in [2.45, 2.75) is 59.9 Å². The Morgan fingerprint density at radius 2 is 2.07 bits per heavy atom. The van der Waals surface area contributed by atoms with E-state index in [1.165, 1.54) is 6.42 Å². The number of hydrogen-bond acceptors (Lipinski definition) is 3. The highest BCUT2D eigenvalue weighted by atomic mass is 16.2. The molecule has 0 unspecified atom stereocenters. The van der Waals surface area contributed by atoms with Gasteiger partial charge in [-0.15, -0.1) is 0 Å². The van der Waals surface area contributed by atoms with Crippen molar-refractivity contribution in [3.63, 3.8) is 0 Å². The molecule has 1 fully saturated rings. The Hall–Kier alpha value is -1.88. The lowest BCUT2D eigenvalue weighted by atomic mass is 10.0. The number of piperidine rings is 1. The quantitative estimate of drug-likeness (QED) is 0.794. The van der Waals surface area contributed by atoms with Crippen molar-refractivity contribution < 1.29 is 9.59 Å². The molecule has 5 nitrogen and oxygen atoms in total. The molecule has 5 heteroatoms. The minimum Gasteiger partial charge on any atom is -0.330 e. The van der Waals surface area contributed by atoms with Crippen LogP contribution < -0.4 is 5.32 Å². The molecule has 150 valence electrons. The fourth-order valence-corrected chi connectivity index (χ4v) is 3.65. The number of anilines is 1. The summed E-state index contributed by atoms with van der Waals surface area (Å²) in [5.74, 6) is 0.551. The van der Waals surface area contributed by atoms with Crippen LogP contribution in [0.5, 0.6) is 0 Å². The number of benzene rings is 1. The maximum Gasteiger partial charge on any atom is 0.244 e. The molecule has 1 aromatic carbocycles. The van der Waals surface area contributed by atoms with E-state index in [2.05, 4.69) is 24.1 Å². The second-order valence-corrected chi connectivity index (χ2v) is 8.06. The third-order valence-corrected chi connectivity index (χ3v) is 5.74. The van der Waals surface area contributed by atoms with Crippen LogP contribution in [-0.4, -0.2) is 53.8 Å². The molecule has 1 aliphatic rings. The first-order chi connectivity index (χ1) is 12.8. The van der Waals surface area contributed by atoms with E-state index in [-0.39, 0.29) is 24.4 Å². The number of rotatable bonds is 7. The molecule has 2 rings (SSSR count). The highest BCUT2D eigenvalue weighted by Gasteiger charge is 2.25. The van der Waals surface area contributed by atoms with E-state index in [0.29, 0.717) is 12.5 Å². The molecule has 2 atom stereocenters. The van der Waals surface area contributed by atoms with Crippen molar-refractivity contribution in [3.8, 4) is 0 Å². The predicted molar refractivity (Wildman–Crippen MR) is 111 cm³/mol. The molecule has 1 aromatic rings. The lowest BCUT2D eigenvalue weighted by Crippen LogP contribution is -2.49. The second-order valence-electron chi connectivity index (χ2n) is 8.06. The Labute approximate surface area is 164 Å². The van der Waals surface area contributed by atoms with Crippen molar-refractivity contribution in [1.82, 2.24) is 9.80 Å². The van der Waals surface area contributed by atoms with Gasteiger partial charge in [-0.05, 0) is 69.7 Å². The SMILES string of the molecule is CC[C@H](C)N(CC(=O)Nc1cccc(C)c1C)C(=O)CN1CCC[C@@H](C)C1. The van der Waals surface area contributed by atoms with Gasteiger partial charge >= 0.3 is 0 Å². The van der Waals surface area contributed by atoms with Crippen molar-refractivity contribution in [2.24, 2.45) is 5.92 Å². The Kier molecular flexibility index (Phi) is 7.84. The number of nitrogens with one attached hydrogen (secondary N) is 1. The van der Waals surface area contributed by atoms with Gasteiger partial charge in [0.2, 0.25) is 11.8 Å². The van der Waals surface area contributed by atoms with Crippen molar-refractivity contribution >= 4 is 17.5 Å². The summed E-state index contributed by atoms with van der Waals surface area (Å²) >= 11 is 0. The van der Waals surface area contributed by atoms with E-state index in [0.717, 1.165) is 42.7 Å². The Balaban J connectivity index is 2.01. The van der Waals surface area contributed by atoms with Crippen LogP contribution in [0, 0.1) is 19.8 Å². The molecule has 0 aromatic heterocycles. The first-order valence-corrected chi connectivity index (χ1v) is 10.2. The minimum absolute atomic E-state index is 0.0454. The van der Waals surface area contributed by atoms with Gasteiger partial charge in [0.15, 0.2) is 0 Å². The van der Waals surface area contributed by atoms with Gasteiger partial charge in [0, 0.05) is 18.3 Å². The van der Waals surface area contributed by atoms with Gasteiger partial charge in [-0.3, -0.25) is 14.5 Å². The third kappa shape index (κ3) is 6.06. The molecule has 1 heterocycles. The molecule has 0 bridgehead atoms. The van der Waals surface area contributed by atoms with Gasteiger partial charge < -0.3 is 10.2 Å². The van der Waals surface area contributed by atoms with E-state index in [1.54, 1.807) is 4.90 Å². The molecule has 0 aliphatic carbocycles. The van der Waals surface area contributed by atoms with Crippen LogP contribution in [0.3, 0.4) is 0 Å². The normalized spacial score (nSPS) is 18.8. The van der Waals surface area contributed by atoms with Gasteiger partial charge in [0.1, 0.15) is 6.54 Å². The number of likely N-dealkylation sites (tertiary alicyclic amines) is 1. The van der Waals surface area contributed by atoms with Crippen molar-refractivity contribution in [2.75, 3.05) is 31.5 Å². The highest BCUT2D eigenvalue weighted by Crippen LogP contribution is 2.19. The monoisotopic (exact) mass is 373 g/mol. The molecular weight excluding hydrogens is 338 g/mol. The number of amides is 2. The van der Waals surface area contributed by atoms with Gasteiger partial charge in [0.25, 0.3) is 0 Å². The molecule has 2 amide bonds. The molecule has 1 aliphatic heterocycles. The summed E-state index contributed by atoms with van der Waals surface area (Å²) in [5.41, 5.74) is 3.03. The first kappa shape index (κ1) is 21.4. The molecule has 1 N–H and O–H groups in total. The average Bonchev–Trinajstić information content (AvgIpc) is 2.63. The average molecular weight is 374 g/mol. The maximum absolute atomic E-state index is 12.9. The summed E-state index contributed by atoms with van der Waals surface area (Å²) in [6, 6.07) is 5.92. The molecule has 1 saturated heterocycles. The number of nitrogens with zero attached hydrogens (tertiary/aromatic N) is 2. The van der Waals surface area contributed by atoms with Gasteiger partial charge in [-0.2, -0.15) is 0 Å². The number of hydrogen-bond donors (Lipinski definition) is 1. The van der Waals surface area contributed by atoms with Crippen molar-refractivity contribution in [3.05, 3.63) is 29.3 Å².